The van der Waals surface area contributed by atoms with E-state index in [4.69, 9.17) is 39.5 Å². The maximum Gasteiger partial charge on any atom is 0.328 e. The first-order chi connectivity index (χ1) is 11.4. The minimum absolute atomic E-state index is 0.0298. The Morgan fingerprint density at radius 2 is 1.75 bits per heavy atom. The number of ether oxygens (including phenoxy) is 1. The molecule has 0 saturated carbocycles. The predicted octanol–water partition coefficient (Wildman–Crippen LogP) is 4.51. The topological polar surface area (TPSA) is 55.4 Å². The molecule has 0 radical (unpaired) electrons. The van der Waals surface area contributed by atoms with Crippen LogP contribution in [0.3, 0.4) is 0 Å². The molecule has 2 rings (SSSR count). The Hall–Kier alpha value is -1.75. The van der Waals surface area contributed by atoms with Gasteiger partial charge in [0.2, 0.25) is 0 Å². The largest absolute Gasteiger partial charge is 0.459 e. The summed E-state index contributed by atoms with van der Waals surface area (Å²) in [7, 11) is 0. The van der Waals surface area contributed by atoms with Crippen molar-refractivity contribution < 1.29 is 14.3 Å². The van der Waals surface area contributed by atoms with Crippen molar-refractivity contribution >= 4 is 46.7 Å². The molecule has 1 N–H and O–H groups in total. The van der Waals surface area contributed by atoms with Crippen LogP contribution >= 0.6 is 34.8 Å². The van der Waals surface area contributed by atoms with Crippen LogP contribution in [0.2, 0.25) is 15.1 Å². The molecule has 0 saturated heterocycles. The van der Waals surface area contributed by atoms with E-state index < -0.39 is 17.9 Å². The van der Waals surface area contributed by atoms with E-state index in [2.05, 4.69) is 5.32 Å². The van der Waals surface area contributed by atoms with Gasteiger partial charge in [-0.2, -0.15) is 0 Å². The smallest absolute Gasteiger partial charge is 0.328 e. The number of hydrogen-bond donors (Lipinski definition) is 1. The van der Waals surface area contributed by atoms with E-state index in [1.54, 1.807) is 42.5 Å². The molecule has 24 heavy (non-hydrogen) atoms. The lowest BCUT2D eigenvalue weighted by atomic mass is 10.2. The van der Waals surface area contributed by atoms with Crippen LogP contribution in [0.5, 0.6) is 0 Å². The van der Waals surface area contributed by atoms with Crippen molar-refractivity contribution in [2.45, 2.75) is 19.6 Å². The van der Waals surface area contributed by atoms with Crippen LogP contribution in [0.25, 0.3) is 0 Å². The Balaban J connectivity index is 1.91. The van der Waals surface area contributed by atoms with Gasteiger partial charge < -0.3 is 10.1 Å². The van der Waals surface area contributed by atoms with Crippen molar-refractivity contribution in [1.29, 1.82) is 0 Å². The molecular weight excluding hydrogens is 373 g/mol. The van der Waals surface area contributed by atoms with Gasteiger partial charge in [0, 0.05) is 0 Å². The number of esters is 1. The molecule has 0 unspecified atom stereocenters. The van der Waals surface area contributed by atoms with Crippen molar-refractivity contribution in [3.63, 3.8) is 0 Å². The molecule has 0 spiro atoms. The number of carbonyl (C=O) groups excluding carboxylic acids is 2. The second kappa shape index (κ2) is 8.38. The SMILES string of the molecule is C[C@H](NC(=O)c1ccccc1Cl)C(=O)OCc1ccc(Cl)c(Cl)c1. The maximum absolute atomic E-state index is 12.1. The van der Waals surface area contributed by atoms with Crippen molar-refractivity contribution in [3.8, 4) is 0 Å². The van der Waals surface area contributed by atoms with Gasteiger partial charge in [-0.25, -0.2) is 4.79 Å². The highest BCUT2D eigenvalue weighted by Gasteiger charge is 2.19. The van der Waals surface area contributed by atoms with Crippen LogP contribution < -0.4 is 5.32 Å². The minimum Gasteiger partial charge on any atom is -0.459 e. The molecule has 0 aliphatic rings. The van der Waals surface area contributed by atoms with E-state index in [0.29, 0.717) is 26.2 Å². The average molecular weight is 387 g/mol. The quantitative estimate of drug-likeness (QED) is 0.769. The summed E-state index contributed by atoms with van der Waals surface area (Å²) < 4.78 is 5.16. The van der Waals surface area contributed by atoms with Gasteiger partial charge in [0.1, 0.15) is 12.6 Å². The van der Waals surface area contributed by atoms with Gasteiger partial charge in [-0.15, -0.1) is 0 Å². The molecule has 2 aromatic carbocycles. The van der Waals surface area contributed by atoms with Gasteiger partial charge in [0.25, 0.3) is 5.91 Å². The number of amides is 1. The predicted molar refractivity (Wildman–Crippen MR) is 94.6 cm³/mol. The number of benzene rings is 2. The van der Waals surface area contributed by atoms with E-state index in [9.17, 15) is 9.59 Å². The minimum atomic E-state index is -0.823. The fourth-order valence-corrected chi connectivity index (χ4v) is 2.43. The standard InChI is InChI=1S/C17H14Cl3NO3/c1-10(21-16(22)12-4-2-3-5-13(12)18)17(23)24-9-11-6-7-14(19)15(20)8-11/h2-8,10H,9H2,1H3,(H,21,22)/t10-/m0/s1. The van der Waals surface area contributed by atoms with Gasteiger partial charge in [-0.1, -0.05) is 53.0 Å². The second-order valence-corrected chi connectivity index (χ2v) is 6.25. The highest BCUT2D eigenvalue weighted by molar-refractivity contribution is 6.42. The summed E-state index contributed by atoms with van der Waals surface area (Å²) in [6.45, 7) is 1.56. The lowest BCUT2D eigenvalue weighted by molar-refractivity contribution is -0.146. The lowest BCUT2D eigenvalue weighted by Crippen LogP contribution is -2.39. The van der Waals surface area contributed by atoms with Crippen molar-refractivity contribution in [2.24, 2.45) is 0 Å². The highest BCUT2D eigenvalue weighted by Crippen LogP contribution is 2.23. The fourth-order valence-electron chi connectivity index (χ4n) is 1.89. The Kier molecular flexibility index (Phi) is 6.49. The molecule has 126 valence electrons. The molecule has 0 bridgehead atoms. The third-order valence-corrected chi connectivity index (χ3v) is 4.25. The average Bonchev–Trinajstić information content (AvgIpc) is 2.55. The van der Waals surface area contributed by atoms with Gasteiger partial charge in [-0.05, 0) is 36.8 Å². The first-order valence-corrected chi connectivity index (χ1v) is 8.18. The van der Waals surface area contributed by atoms with Crippen LogP contribution in [0.15, 0.2) is 42.5 Å². The van der Waals surface area contributed by atoms with E-state index in [1.807, 2.05) is 0 Å². The van der Waals surface area contributed by atoms with Crippen LogP contribution in [-0.2, 0) is 16.1 Å². The zero-order chi connectivity index (χ0) is 17.7. The Morgan fingerprint density at radius 1 is 1.04 bits per heavy atom. The highest BCUT2D eigenvalue weighted by atomic mass is 35.5. The summed E-state index contributed by atoms with van der Waals surface area (Å²) >= 11 is 17.7. The normalized spacial score (nSPS) is 11.7. The van der Waals surface area contributed by atoms with Crippen molar-refractivity contribution in [2.75, 3.05) is 0 Å². The number of hydrogen-bond acceptors (Lipinski definition) is 3. The first-order valence-electron chi connectivity index (χ1n) is 7.04. The van der Waals surface area contributed by atoms with Crippen LogP contribution in [0.1, 0.15) is 22.8 Å². The summed E-state index contributed by atoms with van der Waals surface area (Å²) in [6, 6.07) is 10.7. The molecule has 4 nitrogen and oxygen atoms in total. The molecule has 0 aliphatic heterocycles. The van der Waals surface area contributed by atoms with E-state index in [1.165, 1.54) is 6.92 Å². The number of halogens is 3. The molecule has 2 aromatic rings. The summed E-state index contributed by atoms with van der Waals surface area (Å²) in [5, 5.41) is 3.66. The van der Waals surface area contributed by atoms with Gasteiger partial charge >= 0.3 is 5.97 Å². The molecular formula is C17H14Cl3NO3. The van der Waals surface area contributed by atoms with Gasteiger partial charge in [0.15, 0.2) is 0 Å². The third-order valence-electron chi connectivity index (χ3n) is 3.18. The summed E-state index contributed by atoms with van der Waals surface area (Å²) in [4.78, 5) is 24.1. The van der Waals surface area contributed by atoms with Crippen LogP contribution in [0.4, 0.5) is 0 Å². The second-order valence-electron chi connectivity index (χ2n) is 5.03. The third kappa shape index (κ3) is 4.87. The summed E-state index contributed by atoms with van der Waals surface area (Å²) in [5.41, 5.74) is 0.991. The van der Waals surface area contributed by atoms with Gasteiger partial charge in [-0.3, -0.25) is 4.79 Å². The zero-order valence-corrected chi connectivity index (χ0v) is 15.0. The Morgan fingerprint density at radius 3 is 2.42 bits per heavy atom. The number of rotatable bonds is 5. The molecule has 7 heteroatoms. The molecule has 1 amide bonds. The fraction of sp³-hybridized carbons (Fsp3) is 0.176. The molecule has 0 aliphatic carbocycles. The molecule has 0 aromatic heterocycles. The monoisotopic (exact) mass is 385 g/mol. The lowest BCUT2D eigenvalue weighted by Gasteiger charge is -2.14. The van der Waals surface area contributed by atoms with Gasteiger partial charge in [0.05, 0.1) is 20.6 Å². The van der Waals surface area contributed by atoms with Crippen LogP contribution in [-0.4, -0.2) is 17.9 Å². The van der Waals surface area contributed by atoms with Crippen molar-refractivity contribution in [3.05, 3.63) is 68.7 Å². The first kappa shape index (κ1) is 18.6. The van der Waals surface area contributed by atoms with E-state index in [0.717, 1.165) is 0 Å². The van der Waals surface area contributed by atoms with E-state index in [-0.39, 0.29) is 6.61 Å². The Labute approximate surface area is 154 Å². The number of nitrogens with one attached hydrogen (secondary N) is 1. The Bertz CT molecular complexity index is 764. The molecule has 1 atom stereocenters. The van der Waals surface area contributed by atoms with Crippen molar-refractivity contribution in [1.82, 2.24) is 5.32 Å². The molecule has 0 heterocycles. The van der Waals surface area contributed by atoms with E-state index >= 15 is 0 Å². The number of carbonyl (C=O) groups is 2. The molecule has 0 fully saturated rings. The zero-order valence-electron chi connectivity index (χ0n) is 12.7. The summed E-state index contributed by atoms with van der Waals surface area (Å²) in [5.74, 6) is -1.01. The summed E-state index contributed by atoms with van der Waals surface area (Å²) in [6.07, 6.45) is 0. The van der Waals surface area contributed by atoms with Crippen LogP contribution in [0, 0.1) is 0 Å². The maximum atomic E-state index is 12.1.